The van der Waals surface area contributed by atoms with Gasteiger partial charge in [0.1, 0.15) is 0 Å². The van der Waals surface area contributed by atoms with Crippen LogP contribution in [0.4, 0.5) is 5.69 Å². The van der Waals surface area contributed by atoms with Crippen LogP contribution in [0.25, 0.3) is 5.69 Å². The third kappa shape index (κ3) is 2.40. The second kappa shape index (κ2) is 4.84. The quantitative estimate of drug-likeness (QED) is 0.891. The van der Waals surface area contributed by atoms with Gasteiger partial charge >= 0.3 is 0 Å². The fourth-order valence-electron chi connectivity index (χ4n) is 2.73. The monoisotopic (exact) mass is 241 g/mol. The highest BCUT2D eigenvalue weighted by atomic mass is 15.3. The van der Waals surface area contributed by atoms with Crippen LogP contribution in [0.2, 0.25) is 0 Å². The lowest BCUT2D eigenvalue weighted by Gasteiger charge is -2.14. The first-order valence-electron chi connectivity index (χ1n) is 6.68. The van der Waals surface area contributed by atoms with Gasteiger partial charge in [-0.1, -0.05) is 13.0 Å². The Morgan fingerprint density at radius 3 is 2.94 bits per heavy atom. The molecular weight excluding hydrogens is 222 g/mol. The van der Waals surface area contributed by atoms with Gasteiger partial charge in [0.25, 0.3) is 0 Å². The van der Waals surface area contributed by atoms with Gasteiger partial charge in [-0.15, -0.1) is 0 Å². The molecule has 1 aliphatic carbocycles. The molecule has 1 heterocycles. The highest BCUT2D eigenvalue weighted by molar-refractivity contribution is 5.51. The molecule has 18 heavy (non-hydrogen) atoms. The fraction of sp³-hybridized carbons (Fsp3) is 0.400. The van der Waals surface area contributed by atoms with Gasteiger partial charge in [0, 0.05) is 24.1 Å². The van der Waals surface area contributed by atoms with E-state index in [0.717, 1.165) is 11.6 Å². The van der Waals surface area contributed by atoms with E-state index in [4.69, 9.17) is 0 Å². The molecule has 3 rings (SSSR count). The van der Waals surface area contributed by atoms with E-state index in [2.05, 4.69) is 41.6 Å². The minimum Gasteiger partial charge on any atom is -0.382 e. The number of rotatable bonds is 3. The molecule has 1 fully saturated rings. The maximum atomic E-state index is 4.26. The van der Waals surface area contributed by atoms with Crippen molar-refractivity contribution in [3.05, 3.63) is 42.7 Å². The zero-order valence-corrected chi connectivity index (χ0v) is 10.7. The maximum Gasteiger partial charge on any atom is 0.0666 e. The number of nitrogens with zero attached hydrogens (tertiary/aromatic N) is 2. The molecule has 3 heteroatoms. The minimum absolute atomic E-state index is 0.632. The number of aromatic nitrogens is 2. The molecule has 0 spiro atoms. The van der Waals surface area contributed by atoms with Gasteiger partial charge in [0.2, 0.25) is 0 Å². The van der Waals surface area contributed by atoms with Gasteiger partial charge in [0.05, 0.1) is 5.69 Å². The number of benzene rings is 1. The van der Waals surface area contributed by atoms with Crippen molar-refractivity contribution in [2.24, 2.45) is 5.92 Å². The summed E-state index contributed by atoms with van der Waals surface area (Å²) in [6.07, 6.45) is 7.69. The van der Waals surface area contributed by atoms with Crippen LogP contribution < -0.4 is 5.32 Å². The van der Waals surface area contributed by atoms with Gasteiger partial charge in [-0.3, -0.25) is 0 Å². The smallest absolute Gasteiger partial charge is 0.0666 e. The van der Waals surface area contributed by atoms with E-state index >= 15 is 0 Å². The third-order valence-corrected chi connectivity index (χ3v) is 3.68. The van der Waals surface area contributed by atoms with Crippen molar-refractivity contribution in [2.75, 3.05) is 5.32 Å². The molecule has 94 valence electrons. The van der Waals surface area contributed by atoms with Crippen molar-refractivity contribution in [3.8, 4) is 5.69 Å². The van der Waals surface area contributed by atoms with Gasteiger partial charge in [-0.2, -0.15) is 5.10 Å². The zero-order chi connectivity index (χ0) is 12.4. The fourth-order valence-corrected chi connectivity index (χ4v) is 2.73. The molecule has 0 bridgehead atoms. The van der Waals surface area contributed by atoms with Crippen LogP contribution in [0, 0.1) is 5.92 Å². The van der Waals surface area contributed by atoms with E-state index in [9.17, 15) is 0 Å². The molecule has 2 aromatic rings. The number of nitrogens with one attached hydrogen (secondary N) is 1. The summed E-state index contributed by atoms with van der Waals surface area (Å²) in [5, 5.41) is 7.89. The Kier molecular flexibility index (Phi) is 3.05. The first-order chi connectivity index (χ1) is 8.81. The zero-order valence-electron chi connectivity index (χ0n) is 10.7. The first kappa shape index (κ1) is 11.3. The van der Waals surface area contributed by atoms with E-state index in [0.29, 0.717) is 6.04 Å². The molecule has 1 aliphatic rings. The number of hydrogen-bond acceptors (Lipinski definition) is 2. The van der Waals surface area contributed by atoms with E-state index < -0.39 is 0 Å². The van der Waals surface area contributed by atoms with Crippen LogP contribution in [0.5, 0.6) is 0 Å². The summed E-state index contributed by atoms with van der Waals surface area (Å²) in [6.45, 7) is 2.34. The highest BCUT2D eigenvalue weighted by Crippen LogP contribution is 2.27. The predicted octanol–water partition coefficient (Wildman–Crippen LogP) is 3.47. The van der Waals surface area contributed by atoms with Gasteiger partial charge in [0.15, 0.2) is 0 Å². The highest BCUT2D eigenvalue weighted by Gasteiger charge is 2.20. The largest absolute Gasteiger partial charge is 0.382 e. The summed E-state index contributed by atoms with van der Waals surface area (Å²) in [5.74, 6) is 0.858. The Morgan fingerprint density at radius 2 is 2.22 bits per heavy atom. The number of hydrogen-bond donors (Lipinski definition) is 1. The van der Waals surface area contributed by atoms with Crippen LogP contribution in [0.3, 0.4) is 0 Å². The molecule has 1 aromatic heterocycles. The molecule has 0 saturated heterocycles. The Bertz CT molecular complexity index is 504. The summed E-state index contributed by atoms with van der Waals surface area (Å²) in [4.78, 5) is 0. The molecular formula is C15H19N3. The molecule has 2 atom stereocenters. The molecule has 1 saturated carbocycles. The van der Waals surface area contributed by atoms with Gasteiger partial charge in [-0.25, -0.2) is 4.68 Å². The molecule has 1 N–H and O–H groups in total. The van der Waals surface area contributed by atoms with Crippen molar-refractivity contribution in [1.29, 1.82) is 0 Å². The van der Waals surface area contributed by atoms with Gasteiger partial charge in [-0.05, 0) is 49.4 Å². The minimum atomic E-state index is 0.632. The van der Waals surface area contributed by atoms with Crippen molar-refractivity contribution < 1.29 is 0 Å². The SMILES string of the molecule is CC1CCC(Nc2cccc(-n3cccn3)c2)C1. The Hall–Kier alpha value is -1.77. The van der Waals surface area contributed by atoms with E-state index in [1.54, 1.807) is 6.20 Å². The van der Waals surface area contributed by atoms with Crippen molar-refractivity contribution in [1.82, 2.24) is 9.78 Å². The normalized spacial score (nSPS) is 23.2. The van der Waals surface area contributed by atoms with E-state index in [1.807, 2.05) is 16.9 Å². The standard InChI is InChI=1S/C15H19N3/c1-12-6-7-14(10-12)17-13-4-2-5-15(11-13)18-9-3-8-16-18/h2-5,8-9,11-12,14,17H,6-7,10H2,1H3. The molecule has 0 amide bonds. The summed E-state index contributed by atoms with van der Waals surface area (Å²) in [7, 11) is 0. The summed E-state index contributed by atoms with van der Waals surface area (Å²) < 4.78 is 1.89. The van der Waals surface area contributed by atoms with Crippen molar-refractivity contribution >= 4 is 5.69 Å². The third-order valence-electron chi connectivity index (χ3n) is 3.68. The predicted molar refractivity (Wildman–Crippen MR) is 74.0 cm³/mol. The second-order valence-corrected chi connectivity index (χ2v) is 5.26. The summed E-state index contributed by atoms with van der Waals surface area (Å²) in [6, 6.07) is 11.0. The first-order valence-corrected chi connectivity index (χ1v) is 6.68. The molecule has 0 aliphatic heterocycles. The number of anilines is 1. The van der Waals surface area contributed by atoms with Crippen LogP contribution in [-0.2, 0) is 0 Å². The molecule has 3 nitrogen and oxygen atoms in total. The topological polar surface area (TPSA) is 29.9 Å². The summed E-state index contributed by atoms with van der Waals surface area (Å²) >= 11 is 0. The average Bonchev–Trinajstić information content (AvgIpc) is 3.01. The van der Waals surface area contributed by atoms with Crippen molar-refractivity contribution in [2.45, 2.75) is 32.2 Å². The Balaban J connectivity index is 1.75. The Labute approximate surface area is 108 Å². The van der Waals surface area contributed by atoms with E-state index in [1.165, 1.54) is 24.9 Å². The van der Waals surface area contributed by atoms with Crippen LogP contribution >= 0.6 is 0 Å². The van der Waals surface area contributed by atoms with Crippen molar-refractivity contribution in [3.63, 3.8) is 0 Å². The lowest BCUT2D eigenvalue weighted by molar-refractivity contribution is 0.602. The molecule has 1 aromatic carbocycles. The molecule has 2 unspecified atom stereocenters. The van der Waals surface area contributed by atoms with Gasteiger partial charge < -0.3 is 5.32 Å². The lowest BCUT2D eigenvalue weighted by atomic mass is 10.1. The maximum absolute atomic E-state index is 4.26. The lowest BCUT2D eigenvalue weighted by Crippen LogP contribution is -2.15. The summed E-state index contributed by atoms with van der Waals surface area (Å²) in [5.41, 5.74) is 2.30. The Morgan fingerprint density at radius 1 is 1.28 bits per heavy atom. The van der Waals surface area contributed by atoms with E-state index in [-0.39, 0.29) is 0 Å². The second-order valence-electron chi connectivity index (χ2n) is 5.26. The average molecular weight is 241 g/mol. The molecule has 0 radical (unpaired) electrons. The van der Waals surface area contributed by atoms with Crippen LogP contribution in [0.1, 0.15) is 26.2 Å². The van der Waals surface area contributed by atoms with Crippen LogP contribution in [0.15, 0.2) is 42.7 Å². The van der Waals surface area contributed by atoms with Crippen LogP contribution in [-0.4, -0.2) is 15.8 Å².